The number of nitrogens with zero attached hydrogens (tertiary/aromatic N) is 1. The molecular formula is C9H10F3N3O. The van der Waals surface area contributed by atoms with Gasteiger partial charge in [0.05, 0.1) is 23.7 Å². The molecule has 88 valence electrons. The first-order valence-electron chi connectivity index (χ1n) is 4.80. The zero-order valence-electron chi connectivity index (χ0n) is 8.27. The first-order chi connectivity index (χ1) is 7.41. The standard InChI is InChI=1S/C9H10F3N3O/c10-9(11,12)6-3-14-15-7-4(6)1-2-5(7)8(13)16/h5,14H,1-3H2,(H2,13,16). The molecule has 1 atom stereocenters. The van der Waals surface area contributed by atoms with Crippen LogP contribution in [-0.4, -0.2) is 24.3 Å². The quantitative estimate of drug-likeness (QED) is 0.700. The van der Waals surface area contributed by atoms with E-state index in [9.17, 15) is 18.0 Å². The molecular weight excluding hydrogens is 223 g/mol. The van der Waals surface area contributed by atoms with Crippen LogP contribution in [0.15, 0.2) is 16.2 Å². The van der Waals surface area contributed by atoms with Gasteiger partial charge in [-0.15, -0.1) is 0 Å². The molecule has 0 aromatic rings. The number of amides is 1. The fourth-order valence-corrected chi connectivity index (χ4v) is 2.07. The van der Waals surface area contributed by atoms with Gasteiger partial charge in [0, 0.05) is 0 Å². The summed E-state index contributed by atoms with van der Waals surface area (Å²) in [6.45, 7) is -0.339. The lowest BCUT2D eigenvalue weighted by atomic mass is 10.00. The van der Waals surface area contributed by atoms with Gasteiger partial charge in [-0.2, -0.15) is 18.3 Å². The summed E-state index contributed by atoms with van der Waals surface area (Å²) in [4.78, 5) is 11.0. The number of hydrogen-bond acceptors (Lipinski definition) is 3. The molecule has 0 aromatic heterocycles. The van der Waals surface area contributed by atoms with Gasteiger partial charge in [-0.25, -0.2) is 0 Å². The van der Waals surface area contributed by atoms with E-state index in [2.05, 4.69) is 10.5 Å². The van der Waals surface area contributed by atoms with Crippen LogP contribution in [0.25, 0.3) is 0 Å². The van der Waals surface area contributed by atoms with E-state index in [1.165, 1.54) is 0 Å². The molecule has 3 N–H and O–H groups in total. The number of halogens is 3. The minimum atomic E-state index is -4.38. The first-order valence-corrected chi connectivity index (χ1v) is 4.80. The van der Waals surface area contributed by atoms with Gasteiger partial charge in [0.1, 0.15) is 0 Å². The number of hydrogen-bond donors (Lipinski definition) is 2. The second-order valence-electron chi connectivity index (χ2n) is 3.78. The fourth-order valence-electron chi connectivity index (χ4n) is 2.07. The van der Waals surface area contributed by atoms with Crippen LogP contribution < -0.4 is 11.2 Å². The summed E-state index contributed by atoms with van der Waals surface area (Å²) in [6.07, 6.45) is -3.86. The van der Waals surface area contributed by atoms with Crippen molar-refractivity contribution < 1.29 is 18.0 Å². The van der Waals surface area contributed by atoms with Crippen LogP contribution in [-0.2, 0) is 4.79 Å². The summed E-state index contributed by atoms with van der Waals surface area (Å²) >= 11 is 0. The molecule has 1 saturated carbocycles. The molecule has 0 saturated heterocycles. The highest BCUT2D eigenvalue weighted by atomic mass is 19.4. The van der Waals surface area contributed by atoms with Gasteiger partial charge in [0.2, 0.25) is 5.91 Å². The molecule has 1 amide bonds. The Morgan fingerprint density at radius 3 is 2.75 bits per heavy atom. The predicted molar refractivity (Wildman–Crippen MR) is 50.4 cm³/mol. The fraction of sp³-hybridized carbons (Fsp3) is 0.556. The lowest BCUT2D eigenvalue weighted by Crippen LogP contribution is -2.34. The van der Waals surface area contributed by atoms with Crippen LogP contribution in [0, 0.1) is 5.92 Å². The SMILES string of the molecule is NC(=O)C1CCC2=C(C(F)(F)F)CNN=C21. The Morgan fingerprint density at radius 1 is 1.50 bits per heavy atom. The Kier molecular flexibility index (Phi) is 2.40. The van der Waals surface area contributed by atoms with Crippen LogP contribution in [0.3, 0.4) is 0 Å². The molecule has 7 heteroatoms. The van der Waals surface area contributed by atoms with Gasteiger partial charge >= 0.3 is 6.18 Å². The Morgan fingerprint density at radius 2 is 2.19 bits per heavy atom. The van der Waals surface area contributed by atoms with Crippen molar-refractivity contribution in [2.45, 2.75) is 19.0 Å². The zero-order chi connectivity index (χ0) is 11.9. The van der Waals surface area contributed by atoms with Crippen LogP contribution in [0.2, 0.25) is 0 Å². The van der Waals surface area contributed by atoms with E-state index in [4.69, 9.17) is 5.73 Å². The molecule has 16 heavy (non-hydrogen) atoms. The highest BCUT2D eigenvalue weighted by Crippen LogP contribution is 2.37. The molecule has 1 fully saturated rings. The number of nitrogens with two attached hydrogens (primary N) is 1. The van der Waals surface area contributed by atoms with E-state index in [1.54, 1.807) is 0 Å². The molecule has 2 aliphatic rings. The number of alkyl halides is 3. The van der Waals surface area contributed by atoms with E-state index in [0.29, 0.717) is 6.42 Å². The Bertz CT molecular complexity index is 397. The largest absolute Gasteiger partial charge is 0.414 e. The number of fused-ring (bicyclic) bond motifs is 1. The number of carbonyl (C=O) groups is 1. The lowest BCUT2D eigenvalue weighted by molar-refractivity contribution is -0.119. The van der Waals surface area contributed by atoms with E-state index >= 15 is 0 Å². The third-order valence-corrected chi connectivity index (χ3v) is 2.83. The lowest BCUT2D eigenvalue weighted by Gasteiger charge is -2.20. The van der Waals surface area contributed by atoms with E-state index < -0.39 is 23.6 Å². The van der Waals surface area contributed by atoms with Crippen molar-refractivity contribution in [1.82, 2.24) is 5.43 Å². The van der Waals surface area contributed by atoms with E-state index in [0.717, 1.165) is 0 Å². The molecule has 0 bridgehead atoms. The van der Waals surface area contributed by atoms with Gasteiger partial charge in [-0.1, -0.05) is 0 Å². The van der Waals surface area contributed by atoms with Crippen LogP contribution in [0.1, 0.15) is 12.8 Å². The second kappa shape index (κ2) is 3.50. The number of hydrazone groups is 1. The molecule has 2 rings (SSSR count). The van der Waals surface area contributed by atoms with Crippen molar-refractivity contribution in [2.75, 3.05) is 6.54 Å². The average Bonchev–Trinajstić information content (AvgIpc) is 2.58. The molecule has 1 unspecified atom stereocenters. The smallest absolute Gasteiger partial charge is 0.369 e. The summed E-state index contributed by atoms with van der Waals surface area (Å²) in [6, 6.07) is 0. The molecule has 1 aliphatic carbocycles. The van der Waals surface area contributed by atoms with Crippen molar-refractivity contribution in [3.63, 3.8) is 0 Å². The maximum Gasteiger partial charge on any atom is 0.414 e. The van der Waals surface area contributed by atoms with E-state index in [1.807, 2.05) is 0 Å². The maximum atomic E-state index is 12.6. The minimum Gasteiger partial charge on any atom is -0.369 e. The highest BCUT2D eigenvalue weighted by molar-refractivity contribution is 6.15. The third-order valence-electron chi connectivity index (χ3n) is 2.83. The number of carbonyl (C=O) groups excluding carboxylic acids is 1. The third kappa shape index (κ3) is 1.66. The van der Waals surface area contributed by atoms with Crippen molar-refractivity contribution in [3.8, 4) is 0 Å². The van der Waals surface area contributed by atoms with Gasteiger partial charge in [-0.3, -0.25) is 4.79 Å². The monoisotopic (exact) mass is 233 g/mol. The molecule has 0 radical (unpaired) electrons. The maximum absolute atomic E-state index is 12.6. The van der Waals surface area contributed by atoms with Gasteiger partial charge in [0.25, 0.3) is 0 Å². The molecule has 0 spiro atoms. The van der Waals surface area contributed by atoms with Crippen molar-refractivity contribution in [2.24, 2.45) is 16.8 Å². The molecule has 1 aliphatic heterocycles. The summed E-state index contributed by atoms with van der Waals surface area (Å²) < 4.78 is 37.9. The number of nitrogens with one attached hydrogen (secondary N) is 1. The molecule has 1 heterocycles. The molecule has 0 aromatic carbocycles. The highest BCUT2D eigenvalue weighted by Gasteiger charge is 2.43. The minimum absolute atomic E-state index is 0.134. The van der Waals surface area contributed by atoms with Crippen LogP contribution in [0.4, 0.5) is 13.2 Å². The summed E-state index contributed by atoms with van der Waals surface area (Å²) in [5.74, 6) is -1.32. The average molecular weight is 233 g/mol. The Balaban J connectivity index is 2.41. The second-order valence-corrected chi connectivity index (χ2v) is 3.78. The van der Waals surface area contributed by atoms with Crippen LogP contribution in [0.5, 0.6) is 0 Å². The summed E-state index contributed by atoms with van der Waals surface area (Å²) in [7, 11) is 0. The number of primary amides is 1. The normalized spacial score (nSPS) is 24.9. The van der Waals surface area contributed by atoms with Crippen molar-refractivity contribution >= 4 is 11.6 Å². The van der Waals surface area contributed by atoms with Crippen molar-refractivity contribution in [1.29, 1.82) is 0 Å². The van der Waals surface area contributed by atoms with Crippen molar-refractivity contribution in [3.05, 3.63) is 11.1 Å². The predicted octanol–water partition coefficient (Wildman–Crippen LogP) is 0.700. The summed E-state index contributed by atoms with van der Waals surface area (Å²) in [5.41, 5.74) is 7.06. The first kappa shape index (κ1) is 11.0. The topological polar surface area (TPSA) is 67.5 Å². The van der Waals surface area contributed by atoms with E-state index in [-0.39, 0.29) is 24.3 Å². The molecule has 4 nitrogen and oxygen atoms in total. The number of allylic oxidation sites excluding steroid dienone is 1. The van der Waals surface area contributed by atoms with Gasteiger partial charge in [0.15, 0.2) is 0 Å². The Labute approximate surface area is 89.4 Å². The Hall–Kier alpha value is -1.53. The number of rotatable bonds is 1. The van der Waals surface area contributed by atoms with Gasteiger partial charge < -0.3 is 11.2 Å². The zero-order valence-corrected chi connectivity index (χ0v) is 8.27. The van der Waals surface area contributed by atoms with Crippen LogP contribution >= 0.6 is 0 Å². The van der Waals surface area contributed by atoms with Gasteiger partial charge in [-0.05, 0) is 18.4 Å². The summed E-state index contributed by atoms with van der Waals surface area (Å²) in [5, 5.41) is 3.77.